The first-order valence-corrected chi connectivity index (χ1v) is 11.3. The minimum Gasteiger partial charge on any atom is -0.350 e. The first-order chi connectivity index (χ1) is 14.1. The van der Waals surface area contributed by atoms with Gasteiger partial charge < -0.3 is 10.2 Å². The molecule has 0 saturated heterocycles. The second-order valence-electron chi connectivity index (χ2n) is 8.15. The number of halogens is 2. The van der Waals surface area contributed by atoms with E-state index in [-0.39, 0.29) is 24.1 Å². The van der Waals surface area contributed by atoms with Gasteiger partial charge >= 0.3 is 0 Å². The largest absolute Gasteiger partial charge is 0.350 e. The average molecular weight is 451 g/mol. The van der Waals surface area contributed by atoms with Crippen LogP contribution in [0.4, 0.5) is 4.39 Å². The second kappa shape index (κ2) is 10.8. The maximum atomic E-state index is 14.2. The molecule has 0 aromatic heterocycles. The quantitative estimate of drug-likeness (QED) is 0.612. The highest BCUT2D eigenvalue weighted by Gasteiger charge is 2.28. The van der Waals surface area contributed by atoms with Crippen molar-refractivity contribution in [1.82, 2.24) is 10.2 Å². The van der Waals surface area contributed by atoms with Crippen LogP contribution in [0.5, 0.6) is 0 Å². The Labute approximate surface area is 187 Å². The zero-order valence-electron chi connectivity index (χ0n) is 17.7. The molecule has 0 aliphatic carbocycles. The van der Waals surface area contributed by atoms with Gasteiger partial charge in [0.25, 0.3) is 0 Å². The minimum absolute atomic E-state index is 0.0335. The Hall–Kier alpha value is -2.05. The number of hydrogen-bond acceptors (Lipinski definition) is 3. The lowest BCUT2D eigenvalue weighted by Gasteiger charge is -2.31. The lowest BCUT2D eigenvalue weighted by atomic mass is 10.1. The lowest BCUT2D eigenvalue weighted by molar-refractivity contribution is -0.139. The van der Waals surface area contributed by atoms with Gasteiger partial charge in [0.2, 0.25) is 11.8 Å². The fourth-order valence-electron chi connectivity index (χ4n) is 2.79. The van der Waals surface area contributed by atoms with E-state index in [1.807, 2.05) is 45.0 Å². The van der Waals surface area contributed by atoms with E-state index in [4.69, 9.17) is 11.6 Å². The van der Waals surface area contributed by atoms with Crippen LogP contribution >= 0.6 is 23.4 Å². The van der Waals surface area contributed by atoms with E-state index >= 15 is 0 Å². The van der Waals surface area contributed by atoms with Crippen LogP contribution in [0.3, 0.4) is 0 Å². The predicted molar refractivity (Wildman–Crippen MR) is 122 cm³/mol. The first-order valence-electron chi connectivity index (χ1n) is 9.74. The summed E-state index contributed by atoms with van der Waals surface area (Å²) in [6.07, 6.45) is 0. The molecule has 0 fully saturated rings. The molecule has 0 radical (unpaired) electrons. The van der Waals surface area contributed by atoms with Gasteiger partial charge in [-0.1, -0.05) is 41.9 Å². The molecule has 0 spiro atoms. The van der Waals surface area contributed by atoms with E-state index in [0.29, 0.717) is 16.3 Å². The molecular formula is C23H28ClFN2O2S. The Morgan fingerprint density at radius 1 is 1.13 bits per heavy atom. The number of thioether (sulfide) groups is 1. The summed E-state index contributed by atoms with van der Waals surface area (Å²) in [4.78, 5) is 27.1. The SMILES string of the molecule is C[C@H](C(=O)NC(C)(C)C)N(Cc1ccccc1F)C(=O)CSCc1ccc(Cl)cc1. The standard InChI is InChI=1S/C23H28ClFN2O2S/c1-16(22(29)26-23(2,3)4)27(13-18-7-5-6-8-20(18)25)21(28)15-30-14-17-9-11-19(24)12-10-17/h5-12,16H,13-15H2,1-4H3,(H,26,29)/t16-/m1/s1. The number of carbonyl (C=O) groups excluding carboxylic acids is 2. The Kier molecular flexibility index (Phi) is 8.74. The Morgan fingerprint density at radius 2 is 1.77 bits per heavy atom. The highest BCUT2D eigenvalue weighted by molar-refractivity contribution is 7.99. The van der Waals surface area contributed by atoms with Crippen molar-refractivity contribution in [2.75, 3.05) is 5.75 Å². The average Bonchev–Trinajstić information content (AvgIpc) is 2.67. The van der Waals surface area contributed by atoms with Crippen LogP contribution in [0, 0.1) is 5.82 Å². The van der Waals surface area contributed by atoms with Crippen molar-refractivity contribution in [2.24, 2.45) is 0 Å². The molecule has 0 heterocycles. The minimum atomic E-state index is -0.729. The maximum Gasteiger partial charge on any atom is 0.242 e. The van der Waals surface area contributed by atoms with Gasteiger partial charge in [-0.15, -0.1) is 11.8 Å². The molecule has 2 amide bonds. The molecule has 4 nitrogen and oxygen atoms in total. The number of nitrogens with zero attached hydrogens (tertiary/aromatic N) is 1. The summed E-state index contributed by atoms with van der Waals surface area (Å²) in [5.41, 5.74) is 1.00. The van der Waals surface area contributed by atoms with E-state index in [0.717, 1.165) is 5.56 Å². The molecule has 0 unspecified atom stereocenters. The summed E-state index contributed by atoms with van der Waals surface area (Å²) in [7, 11) is 0. The van der Waals surface area contributed by atoms with Gasteiger partial charge in [0.15, 0.2) is 0 Å². The maximum absolute atomic E-state index is 14.2. The van der Waals surface area contributed by atoms with Gasteiger partial charge in [-0.2, -0.15) is 0 Å². The third-order valence-corrected chi connectivity index (χ3v) is 5.61. The molecule has 30 heavy (non-hydrogen) atoms. The van der Waals surface area contributed by atoms with Crippen molar-refractivity contribution >= 4 is 35.2 Å². The van der Waals surface area contributed by atoms with E-state index in [1.165, 1.54) is 22.7 Å². The molecule has 0 saturated carbocycles. The molecule has 1 atom stereocenters. The molecule has 2 aromatic rings. The number of nitrogens with one attached hydrogen (secondary N) is 1. The normalized spacial score (nSPS) is 12.3. The highest BCUT2D eigenvalue weighted by atomic mass is 35.5. The van der Waals surface area contributed by atoms with Gasteiger partial charge in [-0.05, 0) is 51.5 Å². The number of rotatable bonds is 8. The third kappa shape index (κ3) is 7.65. The van der Waals surface area contributed by atoms with E-state index in [9.17, 15) is 14.0 Å². The van der Waals surface area contributed by atoms with Crippen LogP contribution < -0.4 is 5.32 Å². The Morgan fingerprint density at radius 3 is 2.37 bits per heavy atom. The van der Waals surface area contributed by atoms with Crippen molar-refractivity contribution in [3.8, 4) is 0 Å². The van der Waals surface area contributed by atoms with Crippen molar-refractivity contribution in [3.63, 3.8) is 0 Å². The van der Waals surface area contributed by atoms with Gasteiger partial charge in [-0.3, -0.25) is 9.59 Å². The first kappa shape index (κ1) is 24.2. The van der Waals surface area contributed by atoms with Gasteiger partial charge in [0.1, 0.15) is 11.9 Å². The van der Waals surface area contributed by atoms with Crippen LogP contribution in [0.1, 0.15) is 38.8 Å². The fraction of sp³-hybridized carbons (Fsp3) is 0.391. The summed E-state index contributed by atoms with van der Waals surface area (Å²) in [5.74, 6) is -0.0559. The molecule has 2 aromatic carbocycles. The predicted octanol–water partition coefficient (Wildman–Crippen LogP) is 5.04. The van der Waals surface area contributed by atoms with Crippen molar-refractivity contribution in [1.29, 1.82) is 0 Å². The molecule has 162 valence electrons. The molecule has 0 aliphatic heterocycles. The van der Waals surface area contributed by atoms with E-state index in [1.54, 1.807) is 25.1 Å². The summed E-state index contributed by atoms with van der Waals surface area (Å²) in [6.45, 7) is 7.34. The lowest BCUT2D eigenvalue weighted by Crippen LogP contribution is -2.52. The van der Waals surface area contributed by atoms with Crippen LogP contribution in [0.25, 0.3) is 0 Å². The fourth-order valence-corrected chi connectivity index (χ4v) is 3.78. The van der Waals surface area contributed by atoms with Crippen molar-refractivity contribution in [3.05, 3.63) is 70.5 Å². The topological polar surface area (TPSA) is 49.4 Å². The van der Waals surface area contributed by atoms with Gasteiger partial charge in [0, 0.05) is 28.4 Å². The number of hydrogen-bond donors (Lipinski definition) is 1. The highest BCUT2D eigenvalue weighted by Crippen LogP contribution is 2.19. The van der Waals surface area contributed by atoms with E-state index < -0.39 is 17.4 Å². The molecule has 0 bridgehead atoms. The zero-order chi connectivity index (χ0) is 22.3. The summed E-state index contributed by atoms with van der Waals surface area (Å²) >= 11 is 7.35. The monoisotopic (exact) mass is 450 g/mol. The summed E-state index contributed by atoms with van der Waals surface area (Å²) in [5, 5.41) is 3.56. The molecule has 2 rings (SSSR count). The van der Waals surface area contributed by atoms with E-state index in [2.05, 4.69) is 5.32 Å². The number of benzene rings is 2. The van der Waals surface area contributed by atoms with Crippen molar-refractivity contribution < 1.29 is 14.0 Å². The second-order valence-corrected chi connectivity index (χ2v) is 9.57. The van der Waals surface area contributed by atoms with Crippen LogP contribution in [-0.2, 0) is 21.9 Å². The molecule has 1 N–H and O–H groups in total. The Bertz CT molecular complexity index is 868. The number of amides is 2. The number of carbonyl (C=O) groups is 2. The molecule has 0 aliphatic rings. The van der Waals surface area contributed by atoms with Gasteiger partial charge in [0.05, 0.1) is 5.75 Å². The summed E-state index contributed by atoms with van der Waals surface area (Å²) in [6, 6.07) is 13.0. The summed E-state index contributed by atoms with van der Waals surface area (Å²) < 4.78 is 14.2. The third-order valence-electron chi connectivity index (χ3n) is 4.37. The van der Waals surface area contributed by atoms with Crippen molar-refractivity contribution in [2.45, 2.75) is 51.6 Å². The van der Waals surface area contributed by atoms with Crippen LogP contribution in [0.2, 0.25) is 5.02 Å². The Balaban J connectivity index is 2.10. The van der Waals surface area contributed by atoms with Crippen LogP contribution in [0.15, 0.2) is 48.5 Å². The van der Waals surface area contributed by atoms with Gasteiger partial charge in [-0.25, -0.2) is 4.39 Å². The van der Waals surface area contributed by atoms with Crippen LogP contribution in [-0.4, -0.2) is 34.0 Å². The smallest absolute Gasteiger partial charge is 0.242 e. The molecule has 7 heteroatoms. The zero-order valence-corrected chi connectivity index (χ0v) is 19.3. The molecular weight excluding hydrogens is 423 g/mol.